The highest BCUT2D eigenvalue weighted by molar-refractivity contribution is 7.80. The molecule has 7 unspecified atom stereocenters. The summed E-state index contributed by atoms with van der Waals surface area (Å²) in [5.41, 5.74) is 0. The molecule has 0 aromatic heterocycles. The van der Waals surface area contributed by atoms with Crippen LogP contribution in [0.2, 0.25) is 0 Å². The third-order valence-corrected chi connectivity index (χ3v) is 13.1. The molecule has 0 spiro atoms. The van der Waals surface area contributed by atoms with Crippen LogP contribution in [-0.2, 0) is 28.9 Å². The van der Waals surface area contributed by atoms with Gasteiger partial charge in [-0.15, -0.1) is 0 Å². The summed E-state index contributed by atoms with van der Waals surface area (Å²) in [4.78, 5) is 13.1. The van der Waals surface area contributed by atoms with Gasteiger partial charge in [0, 0.05) is 6.42 Å². The molecule has 1 amide bonds. The molecule has 1 aliphatic rings. The molecule has 13 heteroatoms. The van der Waals surface area contributed by atoms with Gasteiger partial charge in [0.25, 0.3) is 0 Å². The smallest absolute Gasteiger partial charge is 0.394 e. The van der Waals surface area contributed by atoms with E-state index in [2.05, 4.69) is 23.3 Å². The molecule has 62 heavy (non-hydrogen) atoms. The van der Waals surface area contributed by atoms with E-state index in [1.165, 1.54) is 173 Å². The Kier molecular flexibility index (Phi) is 38.5. The van der Waals surface area contributed by atoms with Crippen LogP contribution in [0, 0.1) is 0 Å². The van der Waals surface area contributed by atoms with Crippen molar-refractivity contribution in [3.05, 3.63) is 0 Å². The molecule has 0 aromatic carbocycles. The third kappa shape index (κ3) is 32.7. The van der Waals surface area contributed by atoms with Crippen LogP contribution < -0.4 is 5.32 Å². The Morgan fingerprint density at radius 2 is 0.935 bits per heavy atom. The number of hydrogen-bond acceptors (Lipinski definition) is 10. The minimum absolute atomic E-state index is 0.225. The molecule has 0 saturated carbocycles. The topological polar surface area (TPSA) is 192 Å². The zero-order valence-electron chi connectivity index (χ0n) is 39.7. The first kappa shape index (κ1) is 59.1. The minimum atomic E-state index is -5.07. The van der Waals surface area contributed by atoms with Crippen molar-refractivity contribution in [2.24, 2.45) is 0 Å². The maximum Gasteiger partial charge on any atom is 0.397 e. The molecule has 1 saturated heterocycles. The zero-order chi connectivity index (χ0) is 45.5. The SMILES string of the molecule is CCCCCCCCCCCCCCCCCCCCCC(O)C(COC1OC(CO)C(O)C(OS(=O)(=O)O)C1O)NC(=O)CCCCCCCCCCCCCCCCCC. The number of carbonyl (C=O) groups excluding carboxylic acids is 1. The van der Waals surface area contributed by atoms with Crippen LogP contribution in [0.15, 0.2) is 0 Å². The molecule has 0 aliphatic carbocycles. The fourth-order valence-corrected chi connectivity index (χ4v) is 9.15. The van der Waals surface area contributed by atoms with Gasteiger partial charge in [-0.3, -0.25) is 9.35 Å². The lowest BCUT2D eigenvalue weighted by atomic mass is 9.99. The minimum Gasteiger partial charge on any atom is -0.394 e. The maximum absolute atomic E-state index is 13.1. The first-order chi connectivity index (χ1) is 30.0. The highest BCUT2D eigenvalue weighted by atomic mass is 32.3. The fourth-order valence-electron chi connectivity index (χ4n) is 8.64. The van der Waals surface area contributed by atoms with E-state index in [9.17, 15) is 38.2 Å². The van der Waals surface area contributed by atoms with Gasteiger partial charge in [0.2, 0.25) is 5.91 Å². The van der Waals surface area contributed by atoms with Gasteiger partial charge in [0.15, 0.2) is 6.29 Å². The monoisotopic (exact) mass is 908 g/mol. The molecule has 12 nitrogen and oxygen atoms in total. The summed E-state index contributed by atoms with van der Waals surface area (Å²) in [5, 5.41) is 45.0. The van der Waals surface area contributed by atoms with Crippen molar-refractivity contribution < 1.29 is 51.8 Å². The summed E-state index contributed by atoms with van der Waals surface area (Å²) < 4.78 is 47.8. The summed E-state index contributed by atoms with van der Waals surface area (Å²) in [6, 6.07) is -0.852. The summed E-state index contributed by atoms with van der Waals surface area (Å²) in [6.07, 6.45) is 35.2. The predicted molar refractivity (Wildman–Crippen MR) is 250 cm³/mol. The average molecular weight is 908 g/mol. The second kappa shape index (κ2) is 40.4. The van der Waals surface area contributed by atoms with Crippen molar-refractivity contribution in [2.75, 3.05) is 13.2 Å². The molecule has 1 heterocycles. The standard InChI is InChI=1S/C49H97NO11S/c1-3-5-7-9-11-13-15-17-19-21-22-23-24-26-28-30-32-34-36-38-43(52)42(41-59-49-47(55)48(61-62(56,57)58)46(54)44(40-51)60-49)50-45(53)39-37-35-33-31-29-27-25-20-18-16-14-12-10-8-6-4-2/h42-44,46-49,51-52,54-55H,3-41H2,1-2H3,(H,50,53)(H,56,57,58). The van der Waals surface area contributed by atoms with E-state index < -0.39 is 59.9 Å². The van der Waals surface area contributed by atoms with Crippen molar-refractivity contribution in [1.29, 1.82) is 0 Å². The third-order valence-electron chi connectivity index (χ3n) is 12.7. The predicted octanol–water partition coefficient (Wildman–Crippen LogP) is 10.9. The molecule has 1 fully saturated rings. The van der Waals surface area contributed by atoms with Gasteiger partial charge < -0.3 is 35.2 Å². The van der Waals surface area contributed by atoms with Crippen LogP contribution in [0.3, 0.4) is 0 Å². The maximum atomic E-state index is 13.1. The van der Waals surface area contributed by atoms with E-state index in [-0.39, 0.29) is 12.5 Å². The lowest BCUT2D eigenvalue weighted by molar-refractivity contribution is -0.298. The fraction of sp³-hybridized carbons (Fsp3) is 0.980. The number of carbonyl (C=O) groups is 1. The van der Waals surface area contributed by atoms with Crippen LogP contribution in [0.5, 0.6) is 0 Å². The molecule has 1 rings (SSSR count). The van der Waals surface area contributed by atoms with E-state index in [0.29, 0.717) is 12.8 Å². The van der Waals surface area contributed by atoms with E-state index in [4.69, 9.17) is 9.47 Å². The Morgan fingerprint density at radius 1 is 0.581 bits per heavy atom. The van der Waals surface area contributed by atoms with Gasteiger partial charge in [-0.2, -0.15) is 8.42 Å². The molecular formula is C49H97NO11S. The van der Waals surface area contributed by atoms with Crippen LogP contribution in [-0.4, -0.2) is 95.4 Å². The van der Waals surface area contributed by atoms with Crippen molar-refractivity contribution in [3.8, 4) is 0 Å². The summed E-state index contributed by atoms with van der Waals surface area (Å²) in [7, 11) is -5.07. The van der Waals surface area contributed by atoms with Crippen molar-refractivity contribution >= 4 is 16.3 Å². The molecule has 370 valence electrons. The highest BCUT2D eigenvalue weighted by Gasteiger charge is 2.48. The normalized spacial score (nSPS) is 20.4. The van der Waals surface area contributed by atoms with Crippen LogP contribution in [0.1, 0.15) is 251 Å². The lowest BCUT2D eigenvalue weighted by Crippen LogP contribution is -2.61. The summed E-state index contributed by atoms with van der Waals surface area (Å²) in [6.45, 7) is 3.48. The van der Waals surface area contributed by atoms with Gasteiger partial charge in [-0.25, -0.2) is 4.18 Å². The number of amides is 1. The Hall–Kier alpha value is -0.900. The lowest BCUT2D eigenvalue weighted by Gasteiger charge is -2.41. The van der Waals surface area contributed by atoms with E-state index in [1.807, 2.05) is 0 Å². The zero-order valence-corrected chi connectivity index (χ0v) is 40.5. The number of nitrogens with one attached hydrogen (secondary N) is 1. The Morgan fingerprint density at radius 3 is 1.29 bits per heavy atom. The summed E-state index contributed by atoms with van der Waals surface area (Å²) >= 11 is 0. The molecule has 0 aromatic rings. The Balaban J connectivity index is 2.42. The molecule has 7 atom stereocenters. The second-order valence-corrected chi connectivity index (χ2v) is 19.5. The van der Waals surface area contributed by atoms with E-state index >= 15 is 0 Å². The van der Waals surface area contributed by atoms with Gasteiger partial charge in [0.1, 0.15) is 24.4 Å². The summed E-state index contributed by atoms with van der Waals surface area (Å²) in [5.74, 6) is -0.225. The van der Waals surface area contributed by atoms with Gasteiger partial charge in [0.05, 0.1) is 25.4 Å². The van der Waals surface area contributed by atoms with Crippen molar-refractivity contribution in [2.45, 2.75) is 294 Å². The van der Waals surface area contributed by atoms with Crippen LogP contribution in [0.4, 0.5) is 0 Å². The van der Waals surface area contributed by atoms with Crippen molar-refractivity contribution in [3.63, 3.8) is 0 Å². The van der Waals surface area contributed by atoms with Crippen LogP contribution in [0.25, 0.3) is 0 Å². The number of rotatable bonds is 45. The number of ether oxygens (including phenoxy) is 2. The van der Waals surface area contributed by atoms with Crippen LogP contribution >= 0.6 is 0 Å². The molecule has 0 bridgehead atoms. The number of aliphatic hydroxyl groups excluding tert-OH is 4. The Labute approximate surface area is 379 Å². The number of unbranched alkanes of at least 4 members (excludes halogenated alkanes) is 33. The average Bonchev–Trinajstić information content (AvgIpc) is 3.24. The number of aliphatic hydroxyl groups is 4. The first-order valence-corrected chi connectivity index (χ1v) is 27.3. The van der Waals surface area contributed by atoms with E-state index in [1.54, 1.807) is 0 Å². The Bertz CT molecular complexity index is 1120. The molecular weight excluding hydrogens is 811 g/mol. The second-order valence-electron chi connectivity index (χ2n) is 18.5. The molecule has 6 N–H and O–H groups in total. The molecule has 1 aliphatic heterocycles. The van der Waals surface area contributed by atoms with Crippen molar-refractivity contribution in [1.82, 2.24) is 5.32 Å². The van der Waals surface area contributed by atoms with Gasteiger partial charge in [-0.1, -0.05) is 232 Å². The van der Waals surface area contributed by atoms with Gasteiger partial charge in [-0.05, 0) is 12.8 Å². The van der Waals surface area contributed by atoms with E-state index in [0.717, 1.165) is 51.4 Å². The molecule has 0 radical (unpaired) electrons. The highest BCUT2D eigenvalue weighted by Crippen LogP contribution is 2.26. The largest absolute Gasteiger partial charge is 0.397 e. The number of hydrogen-bond donors (Lipinski definition) is 6. The van der Waals surface area contributed by atoms with Gasteiger partial charge >= 0.3 is 10.4 Å². The quantitative estimate of drug-likeness (QED) is 0.0252. The first-order valence-electron chi connectivity index (χ1n) is 25.9.